The number of ketones is 1. The monoisotopic (exact) mass is 448 g/mol. The Hall–Kier alpha value is -2.87. The average molecular weight is 449 g/mol. The first kappa shape index (κ1) is 23.3. The van der Waals surface area contributed by atoms with Crippen molar-refractivity contribution < 1.29 is 28.8 Å². The van der Waals surface area contributed by atoms with Gasteiger partial charge in [0.05, 0.1) is 25.9 Å². The summed E-state index contributed by atoms with van der Waals surface area (Å²) < 4.78 is 23.3. The van der Waals surface area contributed by atoms with Gasteiger partial charge in [0, 0.05) is 12.0 Å². The molecule has 1 aliphatic heterocycles. The number of carbonyl (C=O) groups excluding carboxylic acids is 1. The van der Waals surface area contributed by atoms with Crippen molar-refractivity contribution in [3.8, 4) is 0 Å². The molecule has 0 saturated carbocycles. The maximum atomic E-state index is 13.0. The van der Waals surface area contributed by atoms with Crippen molar-refractivity contribution in [3.63, 3.8) is 0 Å². The summed E-state index contributed by atoms with van der Waals surface area (Å²) in [6, 6.07) is 28.4. The fourth-order valence-corrected chi connectivity index (χ4v) is 3.61. The summed E-state index contributed by atoms with van der Waals surface area (Å²) in [7, 11) is 0. The SMILES string of the molecule is O=C1[C@H](OCc2ccccc2)O[C@H](COC(O)c2ccccc2)C[C@@H]1OCc1ccccc1. The first-order valence-electron chi connectivity index (χ1n) is 11.0. The van der Waals surface area contributed by atoms with E-state index in [9.17, 15) is 9.90 Å². The lowest BCUT2D eigenvalue weighted by molar-refractivity contribution is -0.233. The highest BCUT2D eigenvalue weighted by Crippen LogP contribution is 2.24. The molecule has 0 aliphatic carbocycles. The predicted octanol–water partition coefficient (Wildman–Crippen LogP) is 4.18. The van der Waals surface area contributed by atoms with Gasteiger partial charge in [-0.3, -0.25) is 4.79 Å². The molecule has 33 heavy (non-hydrogen) atoms. The van der Waals surface area contributed by atoms with E-state index in [1.165, 1.54) is 0 Å². The molecule has 3 aromatic carbocycles. The first-order chi connectivity index (χ1) is 16.2. The minimum Gasteiger partial charge on any atom is -0.365 e. The van der Waals surface area contributed by atoms with E-state index >= 15 is 0 Å². The molecule has 6 heteroatoms. The minimum absolute atomic E-state index is 0.0970. The molecule has 0 radical (unpaired) electrons. The molecule has 0 aromatic heterocycles. The largest absolute Gasteiger partial charge is 0.365 e. The molecule has 0 amide bonds. The van der Waals surface area contributed by atoms with E-state index in [0.29, 0.717) is 18.6 Å². The molecule has 1 fully saturated rings. The highest BCUT2D eigenvalue weighted by Gasteiger charge is 2.39. The van der Waals surface area contributed by atoms with Crippen LogP contribution in [0.15, 0.2) is 91.0 Å². The summed E-state index contributed by atoms with van der Waals surface area (Å²) in [5, 5.41) is 10.3. The van der Waals surface area contributed by atoms with Gasteiger partial charge >= 0.3 is 0 Å². The number of Topliss-reactive ketones (excluding diaryl/α,β-unsaturated/α-hetero) is 1. The van der Waals surface area contributed by atoms with Gasteiger partial charge in [-0.15, -0.1) is 0 Å². The van der Waals surface area contributed by atoms with Crippen LogP contribution < -0.4 is 0 Å². The van der Waals surface area contributed by atoms with E-state index in [0.717, 1.165) is 11.1 Å². The van der Waals surface area contributed by atoms with E-state index in [1.54, 1.807) is 12.1 Å². The van der Waals surface area contributed by atoms with Crippen molar-refractivity contribution >= 4 is 5.78 Å². The van der Waals surface area contributed by atoms with E-state index in [4.69, 9.17) is 18.9 Å². The Labute approximate surface area is 193 Å². The maximum absolute atomic E-state index is 13.0. The van der Waals surface area contributed by atoms with Crippen LogP contribution in [0.4, 0.5) is 0 Å². The van der Waals surface area contributed by atoms with Crippen molar-refractivity contribution in [2.75, 3.05) is 6.61 Å². The molecular formula is C27H28O6. The van der Waals surface area contributed by atoms with Crippen molar-refractivity contribution in [2.24, 2.45) is 0 Å². The zero-order valence-electron chi connectivity index (χ0n) is 18.3. The zero-order chi connectivity index (χ0) is 22.9. The van der Waals surface area contributed by atoms with Gasteiger partial charge in [-0.05, 0) is 11.1 Å². The molecular weight excluding hydrogens is 420 g/mol. The average Bonchev–Trinajstić information content (AvgIpc) is 2.88. The molecule has 0 spiro atoms. The molecule has 4 rings (SSSR count). The number of carbonyl (C=O) groups is 1. The number of rotatable bonds is 10. The molecule has 1 aliphatic rings. The van der Waals surface area contributed by atoms with Gasteiger partial charge in [0.15, 0.2) is 6.29 Å². The van der Waals surface area contributed by atoms with Crippen molar-refractivity contribution in [1.82, 2.24) is 0 Å². The minimum atomic E-state index is -1.08. The number of aliphatic hydroxyl groups is 1. The summed E-state index contributed by atoms with van der Waals surface area (Å²) in [5.74, 6) is -0.248. The van der Waals surface area contributed by atoms with E-state index in [-0.39, 0.29) is 19.0 Å². The third-order valence-corrected chi connectivity index (χ3v) is 5.41. The Bertz CT molecular complexity index is 924. The summed E-state index contributed by atoms with van der Waals surface area (Å²) in [6.45, 7) is 0.644. The van der Waals surface area contributed by atoms with Crippen LogP contribution in [0.5, 0.6) is 0 Å². The highest BCUT2D eigenvalue weighted by atomic mass is 16.7. The van der Waals surface area contributed by atoms with Crippen LogP contribution in [0.25, 0.3) is 0 Å². The Kier molecular flexibility index (Phi) is 8.35. The Balaban J connectivity index is 1.39. The van der Waals surface area contributed by atoms with Crippen LogP contribution in [-0.4, -0.2) is 36.0 Å². The Morgan fingerprint density at radius 2 is 1.36 bits per heavy atom. The van der Waals surface area contributed by atoms with Gasteiger partial charge in [0.2, 0.25) is 12.1 Å². The van der Waals surface area contributed by atoms with E-state index < -0.39 is 24.8 Å². The van der Waals surface area contributed by atoms with Gasteiger partial charge in [-0.2, -0.15) is 0 Å². The van der Waals surface area contributed by atoms with Crippen LogP contribution in [0.3, 0.4) is 0 Å². The molecule has 3 aromatic rings. The van der Waals surface area contributed by atoms with Crippen LogP contribution in [-0.2, 0) is 37.0 Å². The molecule has 4 atom stereocenters. The van der Waals surface area contributed by atoms with Gasteiger partial charge in [-0.25, -0.2) is 0 Å². The maximum Gasteiger partial charge on any atom is 0.221 e. The van der Waals surface area contributed by atoms with Crippen LogP contribution >= 0.6 is 0 Å². The van der Waals surface area contributed by atoms with Crippen molar-refractivity contribution in [2.45, 2.75) is 44.4 Å². The van der Waals surface area contributed by atoms with Gasteiger partial charge in [0.25, 0.3) is 0 Å². The molecule has 6 nitrogen and oxygen atoms in total. The third-order valence-electron chi connectivity index (χ3n) is 5.41. The number of benzene rings is 3. The molecule has 1 heterocycles. The number of aliphatic hydroxyl groups excluding tert-OH is 1. The quantitative estimate of drug-likeness (QED) is 0.469. The van der Waals surface area contributed by atoms with Gasteiger partial charge in [-0.1, -0.05) is 91.0 Å². The van der Waals surface area contributed by atoms with Gasteiger partial charge < -0.3 is 24.1 Å². The van der Waals surface area contributed by atoms with Gasteiger partial charge in [0.1, 0.15) is 6.10 Å². The lowest BCUT2D eigenvalue weighted by Gasteiger charge is -2.34. The predicted molar refractivity (Wildman–Crippen MR) is 122 cm³/mol. The number of ether oxygens (including phenoxy) is 4. The summed E-state index contributed by atoms with van der Waals surface area (Å²) in [6.07, 6.45) is -3.00. The van der Waals surface area contributed by atoms with Crippen molar-refractivity contribution in [3.05, 3.63) is 108 Å². The van der Waals surface area contributed by atoms with Crippen LogP contribution in [0, 0.1) is 0 Å². The molecule has 1 N–H and O–H groups in total. The van der Waals surface area contributed by atoms with E-state index in [2.05, 4.69) is 0 Å². The Morgan fingerprint density at radius 1 is 0.818 bits per heavy atom. The zero-order valence-corrected chi connectivity index (χ0v) is 18.3. The van der Waals surface area contributed by atoms with Crippen LogP contribution in [0.2, 0.25) is 0 Å². The summed E-state index contributed by atoms with van der Waals surface area (Å²) in [4.78, 5) is 13.0. The van der Waals surface area contributed by atoms with Crippen LogP contribution in [0.1, 0.15) is 29.4 Å². The smallest absolute Gasteiger partial charge is 0.221 e. The summed E-state index contributed by atoms with van der Waals surface area (Å²) >= 11 is 0. The fourth-order valence-electron chi connectivity index (χ4n) is 3.61. The second kappa shape index (κ2) is 11.8. The summed E-state index contributed by atoms with van der Waals surface area (Å²) in [5.41, 5.74) is 2.57. The number of hydrogen-bond acceptors (Lipinski definition) is 6. The van der Waals surface area contributed by atoms with E-state index in [1.807, 2.05) is 78.9 Å². The highest BCUT2D eigenvalue weighted by molar-refractivity contribution is 5.87. The second-order valence-corrected chi connectivity index (χ2v) is 7.91. The topological polar surface area (TPSA) is 74.2 Å². The fraction of sp³-hybridized carbons (Fsp3) is 0.296. The molecule has 1 saturated heterocycles. The normalized spacial score (nSPS) is 21.6. The molecule has 172 valence electrons. The third kappa shape index (κ3) is 6.81. The van der Waals surface area contributed by atoms with Crippen molar-refractivity contribution in [1.29, 1.82) is 0 Å². The lowest BCUT2D eigenvalue weighted by atomic mass is 10.0. The first-order valence-corrected chi connectivity index (χ1v) is 11.0. The molecule has 0 bridgehead atoms. The lowest BCUT2D eigenvalue weighted by Crippen LogP contribution is -2.48. The second-order valence-electron chi connectivity index (χ2n) is 7.91. The standard InChI is InChI=1S/C27H28O6/c28-25-24(30-17-20-10-4-1-5-11-20)16-23(19-31-26(29)22-14-8-3-9-15-22)33-27(25)32-18-21-12-6-2-7-13-21/h1-15,23-24,26-27,29H,16-19H2/t23-,24-,26?,27+/m0/s1. The molecule has 1 unspecified atom stereocenters. The number of hydrogen-bond donors (Lipinski definition) is 1. The Morgan fingerprint density at radius 3 is 1.97 bits per heavy atom.